The normalized spacial score (nSPS) is 14.6. The zero-order valence-electron chi connectivity index (χ0n) is 13.3. The van der Waals surface area contributed by atoms with E-state index in [9.17, 15) is 66.3 Å². The number of halogens is 15. The Labute approximate surface area is 160 Å². The van der Waals surface area contributed by atoms with Crippen molar-refractivity contribution in [3.8, 4) is 0 Å². The van der Waals surface area contributed by atoms with E-state index in [0.29, 0.717) is 12.1 Å². The first kappa shape index (κ1) is 26.0. The van der Waals surface area contributed by atoms with Crippen molar-refractivity contribution in [1.82, 2.24) is 0 Å². The molecule has 1 N–H and O–H groups in total. The van der Waals surface area contributed by atoms with Gasteiger partial charge in [-0.2, -0.15) is 57.1 Å². The monoisotopic (exact) mass is 491 g/mol. The third kappa shape index (κ3) is 3.73. The standard InChI is InChI=1S/C13H4ClF14NO/c14-5-3-4(1-2-6(5)15)29-7(30)8(16,17)9(18,19)10(20,21)11(22,23)12(24,25)13(26,27)28/h1-3H,(H,29,30). The maximum atomic E-state index is 13.6. The summed E-state index contributed by atoms with van der Waals surface area (Å²) in [4.78, 5) is 11.2. The summed E-state index contributed by atoms with van der Waals surface area (Å²) in [6.07, 6.45) is -7.56. The molecule has 172 valence electrons. The lowest BCUT2D eigenvalue weighted by Gasteiger charge is -2.39. The average Bonchev–Trinajstić information content (AvgIpc) is 2.56. The molecule has 1 aromatic rings. The predicted molar refractivity (Wildman–Crippen MR) is 70.8 cm³/mol. The molecule has 1 rings (SSSR count). The van der Waals surface area contributed by atoms with Crippen molar-refractivity contribution in [2.75, 3.05) is 5.32 Å². The fraction of sp³-hybridized carbons (Fsp3) is 0.462. The minimum Gasteiger partial charge on any atom is -0.321 e. The molecule has 2 nitrogen and oxygen atoms in total. The van der Waals surface area contributed by atoms with E-state index < -0.39 is 58.2 Å². The Morgan fingerprint density at radius 2 is 1.17 bits per heavy atom. The molecule has 0 bridgehead atoms. The Morgan fingerprint density at radius 3 is 1.57 bits per heavy atom. The molecule has 0 fully saturated rings. The number of carbonyl (C=O) groups is 1. The average molecular weight is 492 g/mol. The lowest BCUT2D eigenvalue weighted by molar-refractivity contribution is -0.435. The van der Waals surface area contributed by atoms with Crippen LogP contribution in [0.25, 0.3) is 0 Å². The van der Waals surface area contributed by atoms with Gasteiger partial charge in [0.25, 0.3) is 0 Å². The van der Waals surface area contributed by atoms with Crippen LogP contribution in [0.15, 0.2) is 18.2 Å². The first-order valence-electron chi connectivity index (χ1n) is 6.78. The van der Waals surface area contributed by atoms with Crippen molar-refractivity contribution >= 4 is 23.2 Å². The molecule has 0 heterocycles. The van der Waals surface area contributed by atoms with E-state index in [1.807, 2.05) is 0 Å². The maximum Gasteiger partial charge on any atom is 0.460 e. The summed E-state index contributed by atoms with van der Waals surface area (Å²) in [5.74, 6) is -43.6. The Hall–Kier alpha value is -2.00. The Kier molecular flexibility index (Phi) is 6.34. The van der Waals surface area contributed by atoms with Gasteiger partial charge in [0.15, 0.2) is 0 Å². The van der Waals surface area contributed by atoms with Crippen LogP contribution in [-0.4, -0.2) is 41.7 Å². The quantitative estimate of drug-likeness (QED) is 0.475. The molecule has 0 radical (unpaired) electrons. The highest BCUT2D eigenvalue weighted by atomic mass is 35.5. The second-order valence-electron chi connectivity index (χ2n) is 5.45. The van der Waals surface area contributed by atoms with Gasteiger partial charge in [-0.25, -0.2) is 4.39 Å². The zero-order valence-corrected chi connectivity index (χ0v) is 14.1. The molecular formula is C13H4ClF14NO. The van der Waals surface area contributed by atoms with Crippen molar-refractivity contribution < 1.29 is 66.3 Å². The zero-order chi connectivity index (χ0) is 24.1. The van der Waals surface area contributed by atoms with Crippen LogP contribution in [-0.2, 0) is 4.79 Å². The van der Waals surface area contributed by atoms with Gasteiger partial charge in [0.2, 0.25) is 0 Å². The Morgan fingerprint density at radius 1 is 0.733 bits per heavy atom. The molecule has 0 aliphatic rings. The molecule has 0 saturated heterocycles. The van der Waals surface area contributed by atoms with E-state index in [1.54, 1.807) is 0 Å². The largest absolute Gasteiger partial charge is 0.460 e. The molecule has 0 spiro atoms. The highest BCUT2D eigenvalue weighted by Gasteiger charge is 2.91. The molecule has 1 aromatic carbocycles. The molecule has 17 heteroatoms. The van der Waals surface area contributed by atoms with E-state index in [-0.39, 0.29) is 6.07 Å². The molecule has 0 aliphatic heterocycles. The summed E-state index contributed by atoms with van der Waals surface area (Å²) in [5.41, 5.74) is -1.07. The van der Waals surface area contributed by atoms with Crippen LogP contribution in [0, 0.1) is 5.82 Å². The second-order valence-corrected chi connectivity index (χ2v) is 5.86. The van der Waals surface area contributed by atoms with E-state index in [0.717, 1.165) is 5.32 Å². The van der Waals surface area contributed by atoms with Gasteiger partial charge in [0.05, 0.1) is 5.02 Å². The first-order valence-corrected chi connectivity index (χ1v) is 7.15. The van der Waals surface area contributed by atoms with Crippen LogP contribution in [0.4, 0.5) is 67.2 Å². The number of hydrogen-bond acceptors (Lipinski definition) is 1. The molecule has 30 heavy (non-hydrogen) atoms. The second kappa shape index (κ2) is 7.30. The fourth-order valence-electron chi connectivity index (χ4n) is 1.70. The lowest BCUT2D eigenvalue weighted by Crippen LogP contribution is -2.71. The number of rotatable bonds is 6. The van der Waals surface area contributed by atoms with Crippen LogP contribution in [0.3, 0.4) is 0 Å². The summed E-state index contributed by atoms with van der Waals surface area (Å²) < 4.78 is 181. The fourth-order valence-corrected chi connectivity index (χ4v) is 1.88. The van der Waals surface area contributed by atoms with Crippen LogP contribution in [0.5, 0.6) is 0 Å². The number of nitrogens with one attached hydrogen (secondary N) is 1. The van der Waals surface area contributed by atoms with Crippen LogP contribution < -0.4 is 5.32 Å². The smallest absolute Gasteiger partial charge is 0.321 e. The number of amides is 1. The summed E-state index contributed by atoms with van der Waals surface area (Å²) in [7, 11) is 0. The van der Waals surface area contributed by atoms with Crippen LogP contribution in [0.2, 0.25) is 5.02 Å². The van der Waals surface area contributed by atoms with E-state index >= 15 is 0 Å². The third-order valence-electron chi connectivity index (χ3n) is 3.40. The number of hydrogen-bond donors (Lipinski definition) is 1. The summed E-state index contributed by atoms with van der Waals surface area (Å²) in [6, 6.07) is 0.978. The van der Waals surface area contributed by atoms with Crippen LogP contribution >= 0.6 is 11.6 Å². The highest BCUT2D eigenvalue weighted by molar-refractivity contribution is 6.31. The maximum absolute atomic E-state index is 13.6. The van der Waals surface area contributed by atoms with Gasteiger partial charge in [-0.05, 0) is 18.2 Å². The molecule has 0 aliphatic carbocycles. The number of benzene rings is 1. The molecule has 0 aromatic heterocycles. The lowest BCUT2D eigenvalue weighted by atomic mass is 9.93. The predicted octanol–water partition coefficient (Wildman–Crippen LogP) is 6.16. The summed E-state index contributed by atoms with van der Waals surface area (Å²) in [6.45, 7) is 0. The van der Waals surface area contributed by atoms with Gasteiger partial charge in [-0.1, -0.05) is 11.6 Å². The van der Waals surface area contributed by atoms with Crippen molar-refractivity contribution in [1.29, 1.82) is 0 Å². The van der Waals surface area contributed by atoms with Crippen LogP contribution in [0.1, 0.15) is 0 Å². The first-order chi connectivity index (χ1) is 13.1. The Balaban J connectivity index is 3.40. The van der Waals surface area contributed by atoms with Gasteiger partial charge >= 0.3 is 41.7 Å². The summed E-state index contributed by atoms with van der Waals surface area (Å²) >= 11 is 5.16. The molecule has 0 unspecified atom stereocenters. The van der Waals surface area contributed by atoms with Crippen molar-refractivity contribution in [3.05, 3.63) is 29.0 Å². The molecule has 1 amide bonds. The van der Waals surface area contributed by atoms with Gasteiger partial charge in [0.1, 0.15) is 5.82 Å². The van der Waals surface area contributed by atoms with E-state index in [2.05, 4.69) is 0 Å². The topological polar surface area (TPSA) is 29.1 Å². The SMILES string of the molecule is O=C(Nc1ccc(F)c(Cl)c1)C(F)(F)C(F)(F)C(F)(F)C(F)(F)C(F)(F)C(F)(F)F. The summed E-state index contributed by atoms with van der Waals surface area (Å²) in [5, 5.41) is -0.185. The number of carbonyl (C=O) groups excluding carboxylic acids is 1. The van der Waals surface area contributed by atoms with Gasteiger partial charge in [-0.3, -0.25) is 4.79 Å². The minimum atomic E-state index is -8.12. The van der Waals surface area contributed by atoms with Gasteiger partial charge < -0.3 is 5.32 Å². The van der Waals surface area contributed by atoms with E-state index in [4.69, 9.17) is 11.6 Å². The molecule has 0 atom stereocenters. The minimum absolute atomic E-state index is 0.271. The number of anilines is 1. The van der Waals surface area contributed by atoms with Gasteiger partial charge in [-0.15, -0.1) is 0 Å². The van der Waals surface area contributed by atoms with Gasteiger partial charge in [0, 0.05) is 5.69 Å². The third-order valence-corrected chi connectivity index (χ3v) is 3.69. The molecular weight excluding hydrogens is 488 g/mol. The number of alkyl halides is 13. The van der Waals surface area contributed by atoms with Crippen molar-refractivity contribution in [2.24, 2.45) is 0 Å². The Bertz CT molecular complexity index is 819. The molecule has 0 saturated carbocycles. The van der Waals surface area contributed by atoms with Crippen molar-refractivity contribution in [3.63, 3.8) is 0 Å². The highest BCUT2D eigenvalue weighted by Crippen LogP contribution is 2.60. The van der Waals surface area contributed by atoms with E-state index in [1.165, 1.54) is 0 Å². The van der Waals surface area contributed by atoms with Crippen molar-refractivity contribution in [2.45, 2.75) is 35.8 Å².